The zero-order chi connectivity index (χ0) is 19.7. The van der Waals surface area contributed by atoms with E-state index in [1.54, 1.807) is 30.5 Å². The van der Waals surface area contributed by atoms with Crippen molar-refractivity contribution in [2.24, 2.45) is 0 Å². The highest BCUT2D eigenvalue weighted by Gasteiger charge is 2.30. The highest BCUT2D eigenvalue weighted by Crippen LogP contribution is 2.24. The molecule has 1 amide bonds. The van der Waals surface area contributed by atoms with E-state index in [0.29, 0.717) is 5.78 Å². The number of amides is 1. The number of fused-ring (bicyclic) bond motifs is 1. The van der Waals surface area contributed by atoms with Crippen LogP contribution < -0.4 is 5.32 Å². The van der Waals surface area contributed by atoms with Crippen LogP contribution in [0.15, 0.2) is 65.0 Å². The fraction of sp³-hybridized carbons (Fsp3) is 0.111. The van der Waals surface area contributed by atoms with Crippen LogP contribution >= 0.6 is 11.3 Å². The predicted octanol–water partition coefficient (Wildman–Crippen LogP) is 2.65. The zero-order valence-electron chi connectivity index (χ0n) is 14.7. The van der Waals surface area contributed by atoms with Crippen LogP contribution in [0.2, 0.25) is 0 Å². The molecule has 0 saturated carbocycles. The maximum atomic E-state index is 12.6. The van der Waals surface area contributed by atoms with E-state index in [0.717, 1.165) is 10.6 Å². The topological polar surface area (TPSA) is 106 Å². The number of sulfone groups is 1. The summed E-state index contributed by atoms with van der Waals surface area (Å²) in [4.78, 5) is 21.9. The summed E-state index contributed by atoms with van der Waals surface area (Å²) in [7, 11) is -3.82. The van der Waals surface area contributed by atoms with E-state index < -0.39 is 21.0 Å². The number of hydrogen-bond acceptors (Lipinski definition) is 7. The largest absolute Gasteiger partial charge is 0.292 e. The number of carbonyl (C=O) groups is 1. The van der Waals surface area contributed by atoms with Crippen molar-refractivity contribution in [2.45, 2.75) is 17.1 Å². The first-order chi connectivity index (χ1) is 13.5. The van der Waals surface area contributed by atoms with Crippen LogP contribution in [-0.4, -0.2) is 39.2 Å². The summed E-state index contributed by atoms with van der Waals surface area (Å²) >= 11 is 1.54. The number of nitrogens with one attached hydrogen (secondary N) is 1. The molecular weight excluding hydrogens is 398 g/mol. The first-order valence-corrected chi connectivity index (χ1v) is 10.7. The monoisotopic (exact) mass is 413 g/mol. The molecule has 142 valence electrons. The van der Waals surface area contributed by atoms with Gasteiger partial charge in [0.15, 0.2) is 9.84 Å². The number of rotatable bonds is 5. The van der Waals surface area contributed by atoms with Gasteiger partial charge in [-0.15, -0.1) is 16.4 Å². The van der Waals surface area contributed by atoms with Gasteiger partial charge in [-0.2, -0.15) is 9.50 Å². The van der Waals surface area contributed by atoms with Crippen molar-refractivity contribution in [1.29, 1.82) is 0 Å². The standard InChI is InChI=1S/C18H15N5O3S2/c1-12(28(25,26)13-6-3-2-4-7-13)16(24)20-17-21-18-19-10-9-14(23(18)22-17)15-8-5-11-27-15/h2-12H,1H3,(H,20,22,24). The first-order valence-electron chi connectivity index (χ1n) is 8.32. The lowest BCUT2D eigenvalue weighted by Gasteiger charge is -2.11. The summed E-state index contributed by atoms with van der Waals surface area (Å²) in [6.45, 7) is 1.34. The summed E-state index contributed by atoms with van der Waals surface area (Å²) in [5.41, 5.74) is 0.776. The number of thiophene rings is 1. The molecule has 0 aliphatic heterocycles. The van der Waals surface area contributed by atoms with E-state index in [1.807, 2.05) is 17.5 Å². The third-order valence-corrected chi connectivity index (χ3v) is 7.12. The SMILES string of the molecule is CC(C(=O)Nc1nc2nccc(-c3cccs3)n2n1)S(=O)(=O)c1ccccc1. The smallest absolute Gasteiger partial charge is 0.254 e. The lowest BCUT2D eigenvalue weighted by molar-refractivity contribution is -0.115. The number of anilines is 1. The Balaban J connectivity index is 1.62. The second-order valence-corrected chi connectivity index (χ2v) is 9.16. The molecule has 0 radical (unpaired) electrons. The Kier molecular flexibility index (Phi) is 4.65. The van der Waals surface area contributed by atoms with Gasteiger partial charge in [-0.05, 0) is 36.6 Å². The fourth-order valence-electron chi connectivity index (χ4n) is 2.62. The van der Waals surface area contributed by atoms with Crippen molar-refractivity contribution in [1.82, 2.24) is 19.6 Å². The van der Waals surface area contributed by atoms with Crippen LogP contribution in [0.25, 0.3) is 16.3 Å². The molecular formula is C18H15N5O3S2. The Morgan fingerprint density at radius 3 is 2.64 bits per heavy atom. The number of hydrogen-bond donors (Lipinski definition) is 1. The van der Waals surface area contributed by atoms with Crippen molar-refractivity contribution >= 4 is 38.8 Å². The maximum Gasteiger partial charge on any atom is 0.254 e. The van der Waals surface area contributed by atoms with Gasteiger partial charge in [0.2, 0.25) is 5.91 Å². The number of carbonyl (C=O) groups excluding carboxylic acids is 1. The lowest BCUT2D eigenvalue weighted by Crippen LogP contribution is -2.33. The highest BCUT2D eigenvalue weighted by atomic mass is 32.2. The van der Waals surface area contributed by atoms with Crippen molar-refractivity contribution in [3.05, 3.63) is 60.1 Å². The minimum Gasteiger partial charge on any atom is -0.292 e. The molecule has 4 aromatic rings. The van der Waals surface area contributed by atoms with E-state index >= 15 is 0 Å². The second-order valence-electron chi connectivity index (χ2n) is 5.94. The molecule has 0 fully saturated rings. The molecule has 0 aliphatic carbocycles. The predicted molar refractivity (Wildman–Crippen MR) is 106 cm³/mol. The van der Waals surface area contributed by atoms with Gasteiger partial charge in [0.05, 0.1) is 15.5 Å². The van der Waals surface area contributed by atoms with Crippen LogP contribution in [0, 0.1) is 0 Å². The van der Waals surface area contributed by atoms with Gasteiger partial charge in [0.1, 0.15) is 5.25 Å². The Hall–Kier alpha value is -3.11. The van der Waals surface area contributed by atoms with Gasteiger partial charge in [-0.3, -0.25) is 10.1 Å². The van der Waals surface area contributed by atoms with E-state index in [1.165, 1.54) is 34.9 Å². The third-order valence-electron chi connectivity index (χ3n) is 4.16. The number of nitrogens with zero attached hydrogens (tertiary/aromatic N) is 4. The average molecular weight is 413 g/mol. The molecule has 8 nitrogen and oxygen atoms in total. The molecule has 10 heteroatoms. The molecule has 0 aliphatic rings. The van der Waals surface area contributed by atoms with E-state index in [2.05, 4.69) is 20.4 Å². The van der Waals surface area contributed by atoms with Gasteiger partial charge in [0, 0.05) is 6.20 Å². The number of aromatic nitrogens is 4. The summed E-state index contributed by atoms with van der Waals surface area (Å²) in [5.74, 6) is -0.408. The summed E-state index contributed by atoms with van der Waals surface area (Å²) in [6, 6.07) is 13.5. The van der Waals surface area contributed by atoms with Crippen LogP contribution in [-0.2, 0) is 14.6 Å². The molecule has 0 bridgehead atoms. The van der Waals surface area contributed by atoms with Crippen LogP contribution in [0.4, 0.5) is 5.95 Å². The Morgan fingerprint density at radius 1 is 1.14 bits per heavy atom. The van der Waals surface area contributed by atoms with Crippen molar-refractivity contribution < 1.29 is 13.2 Å². The van der Waals surface area contributed by atoms with Crippen LogP contribution in [0.5, 0.6) is 0 Å². The van der Waals surface area contributed by atoms with Gasteiger partial charge in [0.25, 0.3) is 11.7 Å². The van der Waals surface area contributed by atoms with Gasteiger partial charge >= 0.3 is 0 Å². The van der Waals surface area contributed by atoms with Crippen LogP contribution in [0.3, 0.4) is 0 Å². The molecule has 1 aromatic carbocycles. The summed E-state index contributed by atoms with van der Waals surface area (Å²) < 4.78 is 26.8. The molecule has 1 unspecified atom stereocenters. The van der Waals surface area contributed by atoms with Gasteiger partial charge in [-0.1, -0.05) is 24.3 Å². The minimum absolute atomic E-state index is 0.00313. The molecule has 4 rings (SSSR count). The first kappa shape index (κ1) is 18.3. The second kappa shape index (κ2) is 7.13. The third kappa shape index (κ3) is 3.27. The average Bonchev–Trinajstić information content (AvgIpc) is 3.37. The Bertz CT molecular complexity index is 1230. The number of benzene rings is 1. The molecule has 1 N–H and O–H groups in total. The molecule has 1 atom stereocenters. The van der Waals surface area contributed by atoms with Crippen LogP contribution in [0.1, 0.15) is 6.92 Å². The molecule has 0 spiro atoms. The quantitative estimate of drug-likeness (QED) is 0.539. The summed E-state index contributed by atoms with van der Waals surface area (Å²) in [6.07, 6.45) is 1.60. The molecule has 0 saturated heterocycles. The molecule has 28 heavy (non-hydrogen) atoms. The molecule has 3 heterocycles. The maximum absolute atomic E-state index is 12.6. The fourth-order valence-corrected chi connectivity index (χ4v) is 4.65. The van der Waals surface area contributed by atoms with Crippen molar-refractivity contribution in [3.63, 3.8) is 0 Å². The lowest BCUT2D eigenvalue weighted by atomic mass is 10.3. The highest BCUT2D eigenvalue weighted by molar-refractivity contribution is 7.92. The van der Waals surface area contributed by atoms with E-state index in [-0.39, 0.29) is 10.8 Å². The molecule has 3 aromatic heterocycles. The summed E-state index contributed by atoms with van der Waals surface area (Å²) in [5, 5.41) is 7.39. The zero-order valence-corrected chi connectivity index (χ0v) is 16.3. The Labute approximate surface area is 164 Å². The van der Waals surface area contributed by atoms with E-state index in [4.69, 9.17) is 0 Å². The normalized spacial score (nSPS) is 12.8. The van der Waals surface area contributed by atoms with Gasteiger partial charge < -0.3 is 0 Å². The van der Waals surface area contributed by atoms with Crippen molar-refractivity contribution in [3.8, 4) is 10.6 Å². The minimum atomic E-state index is -3.82. The van der Waals surface area contributed by atoms with Crippen molar-refractivity contribution in [2.75, 3.05) is 5.32 Å². The van der Waals surface area contributed by atoms with E-state index in [9.17, 15) is 13.2 Å². The van der Waals surface area contributed by atoms with Gasteiger partial charge in [-0.25, -0.2) is 13.4 Å². The Morgan fingerprint density at radius 2 is 1.93 bits per heavy atom.